The van der Waals surface area contributed by atoms with Gasteiger partial charge < -0.3 is 15.0 Å². The maximum absolute atomic E-state index is 11.4. The number of rotatable bonds is 5. The summed E-state index contributed by atoms with van der Waals surface area (Å²) in [5.41, 5.74) is 1.60. The number of esters is 1. The number of hydrogen-bond donors (Lipinski definition) is 2. The number of piperidine rings is 1. The Bertz CT molecular complexity index is 415. The predicted octanol–water partition coefficient (Wildman–Crippen LogP) is 1.23. The van der Waals surface area contributed by atoms with Gasteiger partial charge >= 0.3 is 5.97 Å². The Morgan fingerprint density at radius 3 is 3.16 bits per heavy atom. The molecule has 1 fully saturated rings. The van der Waals surface area contributed by atoms with Crippen molar-refractivity contribution in [3.8, 4) is 0 Å². The first-order valence-corrected chi connectivity index (χ1v) is 6.86. The van der Waals surface area contributed by atoms with Gasteiger partial charge in [0.15, 0.2) is 0 Å². The summed E-state index contributed by atoms with van der Waals surface area (Å²) in [6.45, 7) is 4.20. The molecule has 2 rings (SSSR count). The van der Waals surface area contributed by atoms with E-state index in [2.05, 4.69) is 15.2 Å². The van der Waals surface area contributed by atoms with Crippen molar-refractivity contribution >= 4 is 5.97 Å². The second kappa shape index (κ2) is 6.73. The van der Waals surface area contributed by atoms with Crippen LogP contribution in [0.15, 0.2) is 12.1 Å². The van der Waals surface area contributed by atoms with Gasteiger partial charge in [0.1, 0.15) is 5.69 Å². The summed E-state index contributed by atoms with van der Waals surface area (Å²) in [5.74, 6) is 0.423. The molecular formula is C14H23N3O2. The van der Waals surface area contributed by atoms with Crippen LogP contribution in [0.3, 0.4) is 0 Å². The van der Waals surface area contributed by atoms with Crippen LogP contribution in [-0.2, 0) is 11.3 Å². The van der Waals surface area contributed by atoms with Gasteiger partial charge in [0.25, 0.3) is 0 Å². The lowest BCUT2D eigenvalue weighted by atomic mass is 9.98. The largest absolute Gasteiger partial charge is 0.464 e. The minimum absolute atomic E-state index is 0.307. The molecule has 0 aromatic carbocycles. The van der Waals surface area contributed by atoms with Crippen molar-refractivity contribution in [2.45, 2.75) is 19.4 Å². The Labute approximate surface area is 114 Å². The maximum Gasteiger partial charge on any atom is 0.354 e. The zero-order valence-electron chi connectivity index (χ0n) is 11.7. The van der Waals surface area contributed by atoms with Crippen LogP contribution in [0.5, 0.6) is 0 Å². The fraction of sp³-hybridized carbons (Fsp3) is 0.643. The zero-order chi connectivity index (χ0) is 13.7. The SMILES string of the molecule is CNC[C@@H]1CCCN(Cc2ccc(C(=O)OC)[nH]2)C1. The number of likely N-dealkylation sites (tertiary alicyclic amines) is 1. The molecule has 2 N–H and O–H groups in total. The van der Waals surface area contributed by atoms with E-state index in [0.29, 0.717) is 5.69 Å². The molecule has 0 bridgehead atoms. The maximum atomic E-state index is 11.4. The molecule has 0 aliphatic carbocycles. The minimum atomic E-state index is -0.307. The fourth-order valence-corrected chi connectivity index (χ4v) is 2.75. The van der Waals surface area contributed by atoms with Crippen molar-refractivity contribution < 1.29 is 9.53 Å². The summed E-state index contributed by atoms with van der Waals surface area (Å²) < 4.78 is 4.70. The van der Waals surface area contributed by atoms with Gasteiger partial charge in [0.05, 0.1) is 7.11 Å². The average Bonchev–Trinajstić information content (AvgIpc) is 2.87. The van der Waals surface area contributed by atoms with Crippen LogP contribution in [0.25, 0.3) is 0 Å². The van der Waals surface area contributed by atoms with Crippen LogP contribution in [0.2, 0.25) is 0 Å². The number of aromatic nitrogens is 1. The topological polar surface area (TPSA) is 57.4 Å². The molecule has 0 radical (unpaired) electrons. The van der Waals surface area contributed by atoms with Crippen molar-refractivity contribution in [2.75, 3.05) is 33.8 Å². The van der Waals surface area contributed by atoms with Crippen LogP contribution in [0, 0.1) is 5.92 Å². The summed E-state index contributed by atoms with van der Waals surface area (Å²) in [7, 11) is 3.41. The van der Waals surface area contributed by atoms with Crippen LogP contribution < -0.4 is 5.32 Å². The lowest BCUT2D eigenvalue weighted by Crippen LogP contribution is -2.38. The zero-order valence-corrected chi connectivity index (χ0v) is 11.7. The number of H-pyrrole nitrogens is 1. The van der Waals surface area contributed by atoms with Gasteiger partial charge in [0.2, 0.25) is 0 Å². The Morgan fingerprint density at radius 2 is 2.42 bits per heavy atom. The number of carbonyl (C=O) groups is 1. The van der Waals surface area contributed by atoms with Crippen molar-refractivity contribution in [1.29, 1.82) is 0 Å². The fourth-order valence-electron chi connectivity index (χ4n) is 2.75. The molecule has 0 unspecified atom stereocenters. The van der Waals surface area contributed by atoms with Crippen LogP contribution in [-0.4, -0.2) is 49.6 Å². The highest BCUT2D eigenvalue weighted by Gasteiger charge is 2.20. The van der Waals surface area contributed by atoms with E-state index in [0.717, 1.165) is 37.8 Å². The number of ether oxygens (including phenoxy) is 1. The van der Waals surface area contributed by atoms with Gasteiger partial charge in [-0.15, -0.1) is 0 Å². The number of methoxy groups -OCH3 is 1. The number of nitrogens with one attached hydrogen (secondary N) is 2. The second-order valence-corrected chi connectivity index (χ2v) is 5.19. The van der Waals surface area contributed by atoms with E-state index >= 15 is 0 Å². The molecule has 5 heteroatoms. The molecule has 1 aromatic rings. The molecule has 0 saturated carbocycles. The minimum Gasteiger partial charge on any atom is -0.464 e. The Hall–Kier alpha value is -1.33. The van der Waals surface area contributed by atoms with Gasteiger partial charge in [0, 0.05) is 18.8 Å². The second-order valence-electron chi connectivity index (χ2n) is 5.19. The number of hydrogen-bond acceptors (Lipinski definition) is 4. The average molecular weight is 265 g/mol. The first-order chi connectivity index (χ1) is 9.22. The van der Waals surface area contributed by atoms with E-state index in [4.69, 9.17) is 4.74 Å². The molecule has 106 valence electrons. The Balaban J connectivity index is 1.89. The van der Waals surface area contributed by atoms with Gasteiger partial charge in [-0.25, -0.2) is 4.79 Å². The lowest BCUT2D eigenvalue weighted by Gasteiger charge is -2.32. The van der Waals surface area contributed by atoms with E-state index in [1.54, 1.807) is 6.07 Å². The molecule has 1 saturated heterocycles. The molecule has 1 aliphatic rings. The van der Waals surface area contributed by atoms with E-state index in [1.807, 2.05) is 13.1 Å². The van der Waals surface area contributed by atoms with Gasteiger partial charge in [-0.1, -0.05) is 0 Å². The molecule has 2 heterocycles. The van der Waals surface area contributed by atoms with Gasteiger partial charge in [-0.05, 0) is 51.0 Å². The summed E-state index contributed by atoms with van der Waals surface area (Å²) in [6, 6.07) is 3.75. The van der Waals surface area contributed by atoms with E-state index in [-0.39, 0.29) is 5.97 Å². The number of aromatic amines is 1. The quantitative estimate of drug-likeness (QED) is 0.786. The third-order valence-corrected chi connectivity index (χ3v) is 3.64. The van der Waals surface area contributed by atoms with Crippen molar-refractivity contribution in [2.24, 2.45) is 5.92 Å². The van der Waals surface area contributed by atoms with Crippen molar-refractivity contribution in [3.05, 3.63) is 23.5 Å². The third-order valence-electron chi connectivity index (χ3n) is 3.64. The summed E-state index contributed by atoms with van der Waals surface area (Å²) in [6.07, 6.45) is 2.55. The van der Waals surface area contributed by atoms with Crippen LogP contribution in [0.1, 0.15) is 29.0 Å². The van der Waals surface area contributed by atoms with Crippen molar-refractivity contribution in [3.63, 3.8) is 0 Å². The monoisotopic (exact) mass is 265 g/mol. The smallest absolute Gasteiger partial charge is 0.354 e. The summed E-state index contributed by atoms with van der Waals surface area (Å²) >= 11 is 0. The van der Waals surface area contributed by atoms with E-state index in [1.165, 1.54) is 20.0 Å². The molecule has 5 nitrogen and oxygen atoms in total. The summed E-state index contributed by atoms with van der Waals surface area (Å²) in [4.78, 5) is 16.9. The molecular weight excluding hydrogens is 242 g/mol. The van der Waals surface area contributed by atoms with E-state index < -0.39 is 0 Å². The molecule has 1 aliphatic heterocycles. The predicted molar refractivity (Wildman–Crippen MR) is 74.1 cm³/mol. The highest BCUT2D eigenvalue weighted by atomic mass is 16.5. The number of carbonyl (C=O) groups excluding carboxylic acids is 1. The van der Waals surface area contributed by atoms with Gasteiger partial charge in [-0.3, -0.25) is 4.90 Å². The third kappa shape index (κ3) is 3.81. The number of nitrogens with zero attached hydrogens (tertiary/aromatic N) is 1. The van der Waals surface area contributed by atoms with Gasteiger partial charge in [-0.2, -0.15) is 0 Å². The first kappa shape index (κ1) is 14.1. The normalized spacial score (nSPS) is 20.4. The molecule has 1 atom stereocenters. The van der Waals surface area contributed by atoms with Crippen molar-refractivity contribution in [1.82, 2.24) is 15.2 Å². The first-order valence-electron chi connectivity index (χ1n) is 6.86. The summed E-state index contributed by atoms with van der Waals surface area (Å²) in [5, 5.41) is 3.25. The Morgan fingerprint density at radius 1 is 1.58 bits per heavy atom. The van der Waals surface area contributed by atoms with Crippen LogP contribution >= 0.6 is 0 Å². The van der Waals surface area contributed by atoms with E-state index in [9.17, 15) is 4.79 Å². The highest BCUT2D eigenvalue weighted by Crippen LogP contribution is 2.18. The molecule has 1 aromatic heterocycles. The standard InChI is InChI=1S/C14H23N3O2/c1-15-8-11-4-3-7-17(9-11)10-12-5-6-13(16-12)14(18)19-2/h5-6,11,15-16H,3-4,7-10H2,1-2H3/t11-/m0/s1. The molecule has 19 heavy (non-hydrogen) atoms. The van der Waals surface area contributed by atoms with Crippen LogP contribution in [0.4, 0.5) is 0 Å². The molecule has 0 amide bonds. The Kier molecular flexibility index (Phi) is 4.99. The lowest BCUT2D eigenvalue weighted by molar-refractivity contribution is 0.0594. The molecule has 0 spiro atoms. The highest BCUT2D eigenvalue weighted by molar-refractivity contribution is 5.87.